The Morgan fingerprint density at radius 1 is 0.914 bits per heavy atom. The summed E-state index contributed by atoms with van der Waals surface area (Å²) in [5.74, 6) is 0.271. The molecule has 3 heterocycles. The summed E-state index contributed by atoms with van der Waals surface area (Å²) in [6.07, 6.45) is 0. The molecule has 35 heavy (non-hydrogen) atoms. The molecule has 5 aromatic rings. The average Bonchev–Trinajstić information content (AvgIpc) is 3.47. The third-order valence-corrected chi connectivity index (χ3v) is 7.98. The average molecular weight is 608 g/mol. The Morgan fingerprint density at radius 3 is 2.34 bits per heavy atom. The lowest BCUT2D eigenvalue weighted by Crippen LogP contribution is -2.32. The van der Waals surface area contributed by atoms with Gasteiger partial charge in [0.1, 0.15) is 4.53 Å². The maximum atomic E-state index is 13.7. The SMILES string of the molecule is Cc1ccc(CN2C(=O)/C(=c3\sc4nc(-c5ccc(Br)cc5)nn4c3=O)c3cc(Br)ccc32)cc1. The van der Waals surface area contributed by atoms with E-state index in [1.807, 2.05) is 73.7 Å². The summed E-state index contributed by atoms with van der Waals surface area (Å²) in [6.45, 7) is 2.45. The van der Waals surface area contributed by atoms with Crippen molar-refractivity contribution >= 4 is 65.3 Å². The molecular weight excluding hydrogens is 592 g/mol. The number of halogens is 2. The van der Waals surface area contributed by atoms with Gasteiger partial charge in [0.25, 0.3) is 11.5 Å². The summed E-state index contributed by atoms with van der Waals surface area (Å²) in [7, 11) is 0. The molecule has 0 atom stereocenters. The molecule has 0 unspecified atom stereocenters. The minimum Gasteiger partial charge on any atom is -0.303 e. The molecule has 0 radical (unpaired) electrons. The number of fused-ring (bicyclic) bond motifs is 2. The van der Waals surface area contributed by atoms with Crippen LogP contribution in [-0.2, 0) is 11.3 Å². The lowest BCUT2D eigenvalue weighted by Gasteiger charge is -2.17. The van der Waals surface area contributed by atoms with Crippen molar-refractivity contribution in [1.29, 1.82) is 0 Å². The second-order valence-corrected chi connectivity index (χ2v) is 11.1. The van der Waals surface area contributed by atoms with Crippen LogP contribution in [0.4, 0.5) is 5.69 Å². The molecule has 0 bridgehead atoms. The first-order valence-electron chi connectivity index (χ1n) is 10.8. The fourth-order valence-corrected chi connectivity index (χ4v) is 5.79. The Kier molecular flexibility index (Phi) is 5.43. The highest BCUT2D eigenvalue weighted by Crippen LogP contribution is 2.38. The number of hydrogen-bond donors (Lipinski definition) is 0. The van der Waals surface area contributed by atoms with E-state index in [2.05, 4.69) is 41.9 Å². The highest BCUT2D eigenvalue weighted by molar-refractivity contribution is 9.10. The molecule has 1 amide bonds. The van der Waals surface area contributed by atoms with Crippen LogP contribution in [-0.4, -0.2) is 20.5 Å². The molecule has 0 fully saturated rings. The number of amides is 1. The molecule has 6 rings (SSSR count). The van der Waals surface area contributed by atoms with Crippen LogP contribution >= 0.6 is 43.2 Å². The molecule has 9 heteroatoms. The molecule has 0 aliphatic carbocycles. The number of aromatic nitrogens is 3. The van der Waals surface area contributed by atoms with Gasteiger partial charge in [-0.25, -0.2) is 0 Å². The third-order valence-electron chi connectivity index (χ3n) is 5.93. The summed E-state index contributed by atoms with van der Waals surface area (Å²) < 4.78 is 3.42. The predicted octanol–water partition coefficient (Wildman–Crippen LogP) is 5.12. The van der Waals surface area contributed by atoms with E-state index in [0.29, 0.717) is 27.4 Å². The number of thiazole rings is 1. The Labute approximate surface area is 220 Å². The Bertz CT molecular complexity index is 1740. The molecule has 3 aromatic carbocycles. The maximum absolute atomic E-state index is 13.7. The van der Waals surface area contributed by atoms with Crippen LogP contribution in [0.5, 0.6) is 0 Å². The number of rotatable bonds is 3. The van der Waals surface area contributed by atoms with Crippen molar-refractivity contribution in [2.45, 2.75) is 13.5 Å². The van der Waals surface area contributed by atoms with Gasteiger partial charge in [-0.05, 0) is 42.8 Å². The summed E-state index contributed by atoms with van der Waals surface area (Å²) in [6, 6.07) is 21.4. The number of benzene rings is 3. The molecule has 1 aliphatic heterocycles. The van der Waals surface area contributed by atoms with Crippen molar-refractivity contribution in [3.63, 3.8) is 0 Å². The van der Waals surface area contributed by atoms with Gasteiger partial charge in [0.05, 0.1) is 17.8 Å². The van der Waals surface area contributed by atoms with E-state index in [1.165, 1.54) is 15.9 Å². The molecule has 1 aliphatic rings. The van der Waals surface area contributed by atoms with Gasteiger partial charge in [0.2, 0.25) is 4.96 Å². The normalized spacial score (nSPS) is 14.7. The number of carbonyl (C=O) groups excluding carboxylic acids is 1. The number of hydrogen-bond acceptors (Lipinski definition) is 5. The summed E-state index contributed by atoms with van der Waals surface area (Å²) in [5, 5.41) is 4.44. The first-order chi connectivity index (χ1) is 16.9. The van der Waals surface area contributed by atoms with Crippen LogP contribution in [0.25, 0.3) is 21.9 Å². The molecule has 0 saturated heterocycles. The smallest absolute Gasteiger partial charge is 0.291 e. The van der Waals surface area contributed by atoms with Crippen molar-refractivity contribution in [2.75, 3.05) is 4.90 Å². The highest BCUT2D eigenvalue weighted by atomic mass is 79.9. The van der Waals surface area contributed by atoms with Gasteiger partial charge in [0.15, 0.2) is 5.82 Å². The van der Waals surface area contributed by atoms with E-state index in [1.54, 1.807) is 4.90 Å². The predicted molar refractivity (Wildman–Crippen MR) is 145 cm³/mol. The summed E-state index contributed by atoms with van der Waals surface area (Å²) in [4.78, 5) is 33.9. The number of nitrogens with zero attached hydrogens (tertiary/aromatic N) is 4. The zero-order valence-electron chi connectivity index (χ0n) is 18.3. The van der Waals surface area contributed by atoms with E-state index < -0.39 is 0 Å². The summed E-state index contributed by atoms with van der Waals surface area (Å²) >= 11 is 8.13. The molecule has 0 N–H and O–H groups in total. The second-order valence-electron chi connectivity index (χ2n) is 8.29. The van der Waals surface area contributed by atoms with E-state index in [0.717, 1.165) is 36.9 Å². The van der Waals surface area contributed by atoms with E-state index >= 15 is 0 Å². The number of carbonyl (C=O) groups is 1. The van der Waals surface area contributed by atoms with Crippen LogP contribution in [0.2, 0.25) is 0 Å². The molecule has 172 valence electrons. The van der Waals surface area contributed by atoms with Gasteiger partial charge >= 0.3 is 0 Å². The first-order valence-corrected chi connectivity index (χ1v) is 13.2. The molecule has 2 aromatic heterocycles. The molecule has 6 nitrogen and oxygen atoms in total. The molecular formula is C26H16Br2N4O2S. The topological polar surface area (TPSA) is 67.6 Å². The lowest BCUT2D eigenvalue weighted by molar-refractivity contribution is -0.113. The quantitative estimate of drug-likeness (QED) is 0.286. The van der Waals surface area contributed by atoms with Crippen LogP contribution in [0, 0.1) is 6.92 Å². The number of anilines is 1. The standard InChI is InChI=1S/C26H16Br2N4O2S/c1-14-2-4-15(5-3-14)13-31-20-11-10-18(28)12-19(20)21(24(31)33)22-25(34)32-26(35-22)29-23(30-32)16-6-8-17(27)9-7-16/h2-12H,13H2,1H3/b22-21-. The highest BCUT2D eigenvalue weighted by Gasteiger charge is 2.34. The van der Waals surface area contributed by atoms with E-state index in [4.69, 9.17) is 0 Å². The largest absolute Gasteiger partial charge is 0.303 e. The maximum Gasteiger partial charge on any atom is 0.291 e. The Balaban J connectivity index is 1.50. The summed E-state index contributed by atoms with van der Waals surface area (Å²) in [5.41, 5.74) is 4.55. The zero-order valence-corrected chi connectivity index (χ0v) is 22.3. The lowest BCUT2D eigenvalue weighted by atomic mass is 10.1. The van der Waals surface area contributed by atoms with Crippen molar-refractivity contribution in [3.8, 4) is 11.4 Å². The minimum absolute atomic E-state index is 0.201. The van der Waals surface area contributed by atoms with E-state index in [9.17, 15) is 9.59 Å². The Morgan fingerprint density at radius 2 is 1.63 bits per heavy atom. The van der Waals surface area contributed by atoms with Gasteiger partial charge in [0, 0.05) is 20.1 Å². The van der Waals surface area contributed by atoms with Gasteiger partial charge in [-0.3, -0.25) is 9.59 Å². The monoisotopic (exact) mass is 606 g/mol. The van der Waals surface area contributed by atoms with Gasteiger partial charge < -0.3 is 4.90 Å². The first kappa shape index (κ1) is 22.3. The minimum atomic E-state index is -0.340. The van der Waals surface area contributed by atoms with Gasteiger partial charge in [-0.15, -0.1) is 5.10 Å². The van der Waals surface area contributed by atoms with Gasteiger partial charge in [-0.2, -0.15) is 9.50 Å². The van der Waals surface area contributed by atoms with Gasteiger partial charge in [-0.1, -0.05) is 85.2 Å². The van der Waals surface area contributed by atoms with Crippen LogP contribution in [0.1, 0.15) is 16.7 Å². The van der Waals surface area contributed by atoms with Crippen molar-refractivity contribution in [3.05, 3.63) is 107 Å². The van der Waals surface area contributed by atoms with Crippen LogP contribution < -0.4 is 15.0 Å². The van der Waals surface area contributed by atoms with E-state index in [-0.39, 0.29) is 11.5 Å². The van der Waals surface area contributed by atoms with Crippen LogP contribution in [0.15, 0.2) is 80.5 Å². The third kappa shape index (κ3) is 3.84. The molecule has 0 saturated carbocycles. The zero-order chi connectivity index (χ0) is 24.3. The second kappa shape index (κ2) is 8.51. The van der Waals surface area contributed by atoms with Crippen molar-refractivity contribution < 1.29 is 4.79 Å². The fraction of sp³-hybridized carbons (Fsp3) is 0.0769. The fourth-order valence-electron chi connectivity index (χ4n) is 4.16. The van der Waals surface area contributed by atoms with Crippen LogP contribution in [0.3, 0.4) is 0 Å². The van der Waals surface area contributed by atoms with Crippen molar-refractivity contribution in [2.24, 2.45) is 0 Å². The Hall–Kier alpha value is -3.14. The molecule has 0 spiro atoms. The number of aryl methyl sites for hydroxylation is 1. The van der Waals surface area contributed by atoms with Crippen molar-refractivity contribution in [1.82, 2.24) is 14.6 Å².